The van der Waals surface area contributed by atoms with E-state index in [0.717, 1.165) is 10.9 Å². The molecule has 0 saturated carbocycles. The standard InChI is InChI=1S/C21H27ClN2O3SSi/c1-21(2,3)29(4,5)24-11-10-14-12-15(7-9-18(14)24)20(25)16-6-8-17(22)19(13-16)28(23,26)27/h6-13,20,25H,1-5H3,(H2,23,26,27). The molecule has 156 valence electrons. The summed E-state index contributed by atoms with van der Waals surface area (Å²) < 4.78 is 25.8. The van der Waals surface area contributed by atoms with Gasteiger partial charge in [0.25, 0.3) is 0 Å². The van der Waals surface area contributed by atoms with E-state index in [-0.39, 0.29) is 15.0 Å². The summed E-state index contributed by atoms with van der Waals surface area (Å²) in [6.45, 7) is 11.5. The van der Waals surface area contributed by atoms with Crippen LogP contribution in [0.5, 0.6) is 0 Å². The van der Waals surface area contributed by atoms with E-state index in [4.69, 9.17) is 16.7 Å². The quantitative estimate of drug-likeness (QED) is 0.555. The third kappa shape index (κ3) is 4.02. The Morgan fingerprint density at radius 2 is 1.66 bits per heavy atom. The van der Waals surface area contributed by atoms with Gasteiger partial charge in [0.1, 0.15) is 11.0 Å². The van der Waals surface area contributed by atoms with Crippen LogP contribution in [0.15, 0.2) is 53.6 Å². The van der Waals surface area contributed by atoms with Gasteiger partial charge in [0, 0.05) is 5.52 Å². The van der Waals surface area contributed by atoms with Gasteiger partial charge in [-0.3, -0.25) is 0 Å². The Balaban J connectivity index is 2.04. The molecule has 2 aromatic carbocycles. The second-order valence-electron chi connectivity index (χ2n) is 8.95. The minimum Gasteiger partial charge on any atom is -0.384 e. The molecule has 1 atom stereocenters. The first-order valence-electron chi connectivity index (χ1n) is 9.35. The number of benzene rings is 2. The summed E-state index contributed by atoms with van der Waals surface area (Å²) in [6.07, 6.45) is 1.13. The zero-order valence-electron chi connectivity index (χ0n) is 17.3. The van der Waals surface area contributed by atoms with E-state index in [1.165, 1.54) is 12.1 Å². The van der Waals surface area contributed by atoms with Crippen molar-refractivity contribution in [3.63, 3.8) is 0 Å². The molecule has 3 aromatic rings. The molecule has 0 bridgehead atoms. The van der Waals surface area contributed by atoms with E-state index in [1.807, 2.05) is 18.2 Å². The molecule has 0 spiro atoms. The van der Waals surface area contributed by atoms with Crippen molar-refractivity contribution in [3.8, 4) is 0 Å². The van der Waals surface area contributed by atoms with E-state index in [0.29, 0.717) is 11.1 Å². The highest BCUT2D eigenvalue weighted by Crippen LogP contribution is 2.39. The molecule has 0 aliphatic heterocycles. The lowest BCUT2D eigenvalue weighted by molar-refractivity contribution is 0.220. The SMILES string of the molecule is CC(C)(C)[Si](C)(C)n1ccc2cc(C(O)c3ccc(Cl)c(S(N)(=O)=O)c3)ccc21. The second kappa shape index (κ2) is 7.25. The van der Waals surface area contributed by atoms with Gasteiger partial charge in [-0.2, -0.15) is 0 Å². The first-order valence-corrected chi connectivity index (χ1v) is 14.2. The van der Waals surface area contributed by atoms with E-state index in [2.05, 4.69) is 50.4 Å². The number of halogens is 1. The van der Waals surface area contributed by atoms with Crippen molar-refractivity contribution in [2.24, 2.45) is 5.14 Å². The molecular weight excluding hydrogens is 424 g/mol. The Labute approximate surface area is 178 Å². The Hall–Kier alpha value is -1.64. The van der Waals surface area contributed by atoms with Crippen molar-refractivity contribution in [1.82, 2.24) is 4.23 Å². The van der Waals surface area contributed by atoms with Gasteiger partial charge in [-0.25, -0.2) is 13.6 Å². The molecule has 1 heterocycles. The van der Waals surface area contributed by atoms with Crippen molar-refractivity contribution in [2.45, 2.75) is 49.9 Å². The van der Waals surface area contributed by atoms with Gasteiger partial charge in [-0.15, -0.1) is 0 Å². The number of rotatable bonds is 4. The number of nitrogens with two attached hydrogens (primary N) is 1. The van der Waals surface area contributed by atoms with Gasteiger partial charge in [0.05, 0.1) is 5.02 Å². The lowest BCUT2D eigenvalue weighted by Gasteiger charge is -2.38. The largest absolute Gasteiger partial charge is 0.384 e. The molecule has 29 heavy (non-hydrogen) atoms. The third-order valence-corrected chi connectivity index (χ3v) is 12.7. The zero-order valence-corrected chi connectivity index (χ0v) is 19.8. The fourth-order valence-electron chi connectivity index (χ4n) is 3.28. The number of hydrogen-bond acceptors (Lipinski definition) is 3. The van der Waals surface area contributed by atoms with Crippen molar-refractivity contribution in [2.75, 3.05) is 0 Å². The molecule has 8 heteroatoms. The molecule has 1 aromatic heterocycles. The molecule has 0 saturated heterocycles. The first kappa shape index (κ1) is 22.1. The average molecular weight is 451 g/mol. The molecule has 3 rings (SSSR count). The minimum absolute atomic E-state index is 0.0327. The van der Waals surface area contributed by atoms with Crippen molar-refractivity contribution < 1.29 is 13.5 Å². The Kier molecular flexibility index (Phi) is 5.51. The fourth-order valence-corrected chi connectivity index (χ4v) is 6.34. The van der Waals surface area contributed by atoms with Crippen LogP contribution in [0.25, 0.3) is 10.9 Å². The highest BCUT2D eigenvalue weighted by molar-refractivity contribution is 7.89. The van der Waals surface area contributed by atoms with Crippen LogP contribution in [0.3, 0.4) is 0 Å². The average Bonchev–Trinajstić information content (AvgIpc) is 3.03. The zero-order chi connectivity index (χ0) is 21.8. The summed E-state index contributed by atoms with van der Waals surface area (Å²) in [5, 5.41) is 17.3. The van der Waals surface area contributed by atoms with Gasteiger partial charge in [0.2, 0.25) is 10.0 Å². The van der Waals surface area contributed by atoms with Crippen LogP contribution in [0.1, 0.15) is 38.0 Å². The van der Waals surface area contributed by atoms with Crippen LogP contribution in [0, 0.1) is 0 Å². The van der Waals surface area contributed by atoms with Gasteiger partial charge < -0.3 is 9.34 Å². The molecule has 0 radical (unpaired) electrons. The molecule has 0 fully saturated rings. The van der Waals surface area contributed by atoms with Gasteiger partial charge in [-0.1, -0.05) is 57.6 Å². The predicted molar refractivity (Wildman–Crippen MR) is 121 cm³/mol. The molecule has 0 aliphatic rings. The van der Waals surface area contributed by atoms with Crippen LogP contribution in [-0.2, 0) is 10.0 Å². The normalized spacial score (nSPS) is 14.3. The second-order valence-corrected chi connectivity index (χ2v) is 16.0. The van der Waals surface area contributed by atoms with E-state index in [1.54, 1.807) is 6.07 Å². The Bertz CT molecular complexity index is 1180. The molecule has 3 N–H and O–H groups in total. The maximum atomic E-state index is 11.7. The topological polar surface area (TPSA) is 85.3 Å². The number of primary sulfonamides is 1. The van der Waals surface area contributed by atoms with Gasteiger partial charge in [0.15, 0.2) is 8.24 Å². The summed E-state index contributed by atoms with van der Waals surface area (Å²) in [6, 6.07) is 12.3. The Morgan fingerprint density at radius 1 is 1.07 bits per heavy atom. The van der Waals surface area contributed by atoms with Crippen molar-refractivity contribution in [3.05, 3.63) is 64.8 Å². The van der Waals surface area contributed by atoms with Crippen LogP contribution in [-0.4, -0.2) is 26.0 Å². The minimum atomic E-state index is -3.98. The number of sulfonamides is 1. The van der Waals surface area contributed by atoms with E-state index >= 15 is 0 Å². The van der Waals surface area contributed by atoms with E-state index < -0.39 is 24.4 Å². The molecule has 0 aliphatic carbocycles. The van der Waals surface area contributed by atoms with Gasteiger partial charge in [-0.05, 0) is 58.1 Å². The highest BCUT2D eigenvalue weighted by Gasteiger charge is 2.38. The number of aliphatic hydroxyl groups excluding tert-OH is 1. The van der Waals surface area contributed by atoms with E-state index in [9.17, 15) is 13.5 Å². The van der Waals surface area contributed by atoms with Crippen LogP contribution in [0.4, 0.5) is 0 Å². The number of hydrogen-bond donors (Lipinski definition) is 2. The summed E-state index contributed by atoms with van der Waals surface area (Å²) >= 11 is 5.95. The van der Waals surface area contributed by atoms with Crippen molar-refractivity contribution in [1.29, 1.82) is 0 Å². The van der Waals surface area contributed by atoms with Crippen molar-refractivity contribution >= 4 is 40.8 Å². The summed E-state index contributed by atoms with van der Waals surface area (Å²) in [7, 11) is -5.75. The number of aromatic nitrogens is 1. The maximum Gasteiger partial charge on any atom is 0.239 e. The lowest BCUT2D eigenvalue weighted by atomic mass is 10.0. The highest BCUT2D eigenvalue weighted by atomic mass is 35.5. The van der Waals surface area contributed by atoms with Gasteiger partial charge >= 0.3 is 0 Å². The summed E-state index contributed by atoms with van der Waals surface area (Å²) in [5.41, 5.74) is 2.23. The van der Waals surface area contributed by atoms with Crippen LogP contribution < -0.4 is 5.14 Å². The number of fused-ring (bicyclic) bond motifs is 1. The predicted octanol–water partition coefficient (Wildman–Crippen LogP) is 4.88. The molecule has 1 unspecified atom stereocenters. The first-order chi connectivity index (χ1) is 13.2. The maximum absolute atomic E-state index is 11.7. The fraction of sp³-hybridized carbons (Fsp3) is 0.333. The Morgan fingerprint density at radius 3 is 2.24 bits per heavy atom. The number of nitrogens with zero attached hydrogens (tertiary/aromatic N) is 1. The summed E-state index contributed by atoms with van der Waals surface area (Å²) in [5.74, 6) is 0. The van der Waals surface area contributed by atoms with Crippen LogP contribution in [0.2, 0.25) is 23.2 Å². The van der Waals surface area contributed by atoms with Crippen LogP contribution >= 0.6 is 11.6 Å². The summed E-state index contributed by atoms with van der Waals surface area (Å²) in [4.78, 5) is -0.194. The lowest BCUT2D eigenvalue weighted by Crippen LogP contribution is -2.44. The third-order valence-electron chi connectivity index (χ3n) is 6.05. The molecule has 0 amide bonds. The molecule has 5 nitrogen and oxygen atoms in total. The monoisotopic (exact) mass is 450 g/mol. The smallest absolute Gasteiger partial charge is 0.239 e. The molecular formula is C21H27ClN2O3SSi. The number of aliphatic hydroxyl groups is 1.